The zero-order chi connectivity index (χ0) is 19.2. The lowest BCUT2D eigenvalue weighted by molar-refractivity contribution is 0.102. The minimum Gasteiger partial charge on any atom is -0.495 e. The van der Waals surface area contributed by atoms with Gasteiger partial charge in [0, 0.05) is 17.6 Å². The zero-order valence-corrected chi connectivity index (χ0v) is 15.1. The second kappa shape index (κ2) is 8.21. The number of nitrogens with zero attached hydrogens (tertiary/aromatic N) is 2. The highest BCUT2D eigenvalue weighted by molar-refractivity contribution is 6.32. The third kappa shape index (κ3) is 4.54. The van der Waals surface area contributed by atoms with E-state index in [0.29, 0.717) is 33.4 Å². The van der Waals surface area contributed by atoms with Crippen LogP contribution in [0.4, 0.5) is 17.2 Å². The summed E-state index contributed by atoms with van der Waals surface area (Å²) in [6.45, 7) is 0. The fraction of sp³-hybridized carbons (Fsp3) is 0.0500. The number of rotatable bonds is 5. The third-order valence-electron chi connectivity index (χ3n) is 3.70. The van der Waals surface area contributed by atoms with Crippen LogP contribution in [0.5, 0.6) is 5.75 Å². The Hall–Kier alpha value is -3.56. The number of carbonyl (C=O) groups is 1. The Balaban J connectivity index is 1.68. The van der Waals surface area contributed by atoms with Crippen LogP contribution in [-0.2, 0) is 0 Å². The van der Waals surface area contributed by atoms with Crippen molar-refractivity contribution < 1.29 is 9.53 Å². The fourth-order valence-electron chi connectivity index (χ4n) is 2.36. The minimum absolute atomic E-state index is 0.304. The predicted octanol–water partition coefficient (Wildman–Crippen LogP) is 4.61. The van der Waals surface area contributed by atoms with Crippen molar-refractivity contribution in [3.8, 4) is 11.8 Å². The molecule has 0 atom stereocenters. The lowest BCUT2D eigenvalue weighted by Crippen LogP contribution is -2.12. The van der Waals surface area contributed by atoms with Gasteiger partial charge in [0.05, 0.1) is 29.3 Å². The molecule has 0 bridgehead atoms. The Bertz CT molecular complexity index is 1010. The van der Waals surface area contributed by atoms with Gasteiger partial charge in [-0.15, -0.1) is 0 Å². The molecule has 0 aliphatic carbocycles. The van der Waals surface area contributed by atoms with Crippen molar-refractivity contribution >= 4 is 34.7 Å². The number of amides is 1. The number of carbonyl (C=O) groups excluding carboxylic acids is 1. The first kappa shape index (κ1) is 18.2. The molecule has 2 aromatic carbocycles. The average molecular weight is 379 g/mol. The number of anilines is 3. The molecule has 2 N–H and O–H groups in total. The summed E-state index contributed by atoms with van der Waals surface area (Å²) in [6.07, 6.45) is 1.47. The number of methoxy groups -OCH3 is 1. The molecule has 1 heterocycles. The molecule has 0 saturated heterocycles. The molecule has 3 rings (SSSR count). The number of benzene rings is 2. The second-order valence-corrected chi connectivity index (χ2v) is 5.96. The standard InChI is InChI=1S/C20H15ClN4O2/c1-27-18-7-6-16(10-17(18)21)25-20(26)14-5-8-19(23-12-14)24-15-4-2-3-13(9-15)11-22/h2-10,12H,1H3,(H,23,24)(H,25,26). The van der Waals surface area contributed by atoms with Gasteiger partial charge in [0.25, 0.3) is 5.91 Å². The Morgan fingerprint density at radius 2 is 2.00 bits per heavy atom. The van der Waals surface area contributed by atoms with Crippen LogP contribution in [0.25, 0.3) is 0 Å². The molecule has 6 nitrogen and oxygen atoms in total. The molecular weight excluding hydrogens is 364 g/mol. The van der Waals surface area contributed by atoms with Gasteiger partial charge in [0.1, 0.15) is 11.6 Å². The van der Waals surface area contributed by atoms with Gasteiger partial charge in [-0.25, -0.2) is 4.98 Å². The van der Waals surface area contributed by atoms with Gasteiger partial charge in [-0.05, 0) is 48.5 Å². The summed E-state index contributed by atoms with van der Waals surface area (Å²) in [4.78, 5) is 16.6. The number of hydrogen-bond donors (Lipinski definition) is 2. The molecule has 0 unspecified atom stereocenters. The van der Waals surface area contributed by atoms with Crippen LogP contribution in [-0.4, -0.2) is 18.0 Å². The van der Waals surface area contributed by atoms with E-state index in [0.717, 1.165) is 5.69 Å². The highest BCUT2D eigenvalue weighted by Gasteiger charge is 2.09. The smallest absolute Gasteiger partial charge is 0.257 e. The molecule has 1 amide bonds. The van der Waals surface area contributed by atoms with Crippen molar-refractivity contribution in [3.63, 3.8) is 0 Å². The highest BCUT2D eigenvalue weighted by Crippen LogP contribution is 2.27. The maximum Gasteiger partial charge on any atom is 0.257 e. The average Bonchev–Trinajstić information content (AvgIpc) is 2.69. The quantitative estimate of drug-likeness (QED) is 0.676. The van der Waals surface area contributed by atoms with Crippen LogP contribution in [0.2, 0.25) is 5.02 Å². The van der Waals surface area contributed by atoms with Crippen LogP contribution >= 0.6 is 11.6 Å². The molecule has 1 aromatic heterocycles. The fourth-order valence-corrected chi connectivity index (χ4v) is 2.62. The first-order chi connectivity index (χ1) is 13.1. The lowest BCUT2D eigenvalue weighted by Gasteiger charge is -2.09. The van der Waals surface area contributed by atoms with Gasteiger partial charge in [-0.2, -0.15) is 5.26 Å². The SMILES string of the molecule is COc1ccc(NC(=O)c2ccc(Nc3cccc(C#N)c3)nc2)cc1Cl. The predicted molar refractivity (Wildman–Crippen MR) is 105 cm³/mol. The van der Waals surface area contributed by atoms with Crippen molar-refractivity contribution in [2.75, 3.05) is 17.7 Å². The van der Waals surface area contributed by atoms with Crippen LogP contribution in [0, 0.1) is 11.3 Å². The highest BCUT2D eigenvalue weighted by atomic mass is 35.5. The number of nitriles is 1. The molecule has 0 saturated carbocycles. The Morgan fingerprint density at radius 1 is 1.15 bits per heavy atom. The van der Waals surface area contributed by atoms with E-state index in [4.69, 9.17) is 21.6 Å². The van der Waals surface area contributed by atoms with Crippen molar-refractivity contribution in [3.05, 3.63) is 76.9 Å². The number of halogens is 1. The monoisotopic (exact) mass is 378 g/mol. The summed E-state index contributed by atoms with van der Waals surface area (Å²) in [6, 6.07) is 17.5. The van der Waals surface area contributed by atoms with E-state index in [2.05, 4.69) is 21.7 Å². The van der Waals surface area contributed by atoms with Crippen LogP contribution in [0.3, 0.4) is 0 Å². The van der Waals surface area contributed by atoms with Crippen LogP contribution in [0.15, 0.2) is 60.8 Å². The zero-order valence-electron chi connectivity index (χ0n) is 14.4. The molecule has 27 heavy (non-hydrogen) atoms. The summed E-state index contributed by atoms with van der Waals surface area (Å²) in [5.74, 6) is 0.795. The van der Waals surface area contributed by atoms with Gasteiger partial charge in [0.15, 0.2) is 0 Å². The van der Waals surface area contributed by atoms with Crippen molar-refractivity contribution in [2.24, 2.45) is 0 Å². The second-order valence-electron chi connectivity index (χ2n) is 5.55. The topological polar surface area (TPSA) is 87.0 Å². The van der Waals surface area contributed by atoms with Gasteiger partial charge in [0.2, 0.25) is 0 Å². The Morgan fingerprint density at radius 3 is 2.67 bits per heavy atom. The van der Waals surface area contributed by atoms with E-state index < -0.39 is 0 Å². The van der Waals surface area contributed by atoms with Gasteiger partial charge >= 0.3 is 0 Å². The van der Waals surface area contributed by atoms with E-state index >= 15 is 0 Å². The first-order valence-electron chi connectivity index (χ1n) is 7.97. The normalized spacial score (nSPS) is 9.96. The Kier molecular flexibility index (Phi) is 5.55. The number of hydrogen-bond acceptors (Lipinski definition) is 5. The van der Waals surface area contributed by atoms with Gasteiger partial charge in [-0.1, -0.05) is 17.7 Å². The number of nitrogens with one attached hydrogen (secondary N) is 2. The molecule has 0 radical (unpaired) electrons. The maximum absolute atomic E-state index is 12.4. The van der Waals surface area contributed by atoms with Crippen LogP contribution in [0.1, 0.15) is 15.9 Å². The van der Waals surface area contributed by atoms with Crippen molar-refractivity contribution in [2.45, 2.75) is 0 Å². The number of aromatic nitrogens is 1. The lowest BCUT2D eigenvalue weighted by atomic mass is 10.2. The van der Waals surface area contributed by atoms with Crippen LogP contribution < -0.4 is 15.4 Å². The summed E-state index contributed by atoms with van der Waals surface area (Å²) in [7, 11) is 1.53. The molecule has 134 valence electrons. The van der Waals surface area contributed by atoms with E-state index in [-0.39, 0.29) is 5.91 Å². The number of pyridine rings is 1. The molecule has 0 spiro atoms. The largest absolute Gasteiger partial charge is 0.495 e. The molecule has 7 heteroatoms. The van der Waals surface area contributed by atoms with E-state index in [1.165, 1.54) is 13.3 Å². The minimum atomic E-state index is -0.304. The molecule has 0 fully saturated rings. The van der Waals surface area contributed by atoms with Gasteiger partial charge < -0.3 is 15.4 Å². The molecular formula is C20H15ClN4O2. The molecule has 0 aliphatic rings. The third-order valence-corrected chi connectivity index (χ3v) is 3.99. The van der Waals surface area contributed by atoms with E-state index in [9.17, 15) is 4.79 Å². The summed E-state index contributed by atoms with van der Waals surface area (Å²) in [5.41, 5.74) is 2.25. The first-order valence-corrected chi connectivity index (χ1v) is 8.35. The summed E-state index contributed by atoms with van der Waals surface area (Å²) < 4.78 is 5.09. The van der Waals surface area contributed by atoms with E-state index in [1.54, 1.807) is 48.5 Å². The van der Waals surface area contributed by atoms with Crippen molar-refractivity contribution in [1.82, 2.24) is 4.98 Å². The number of ether oxygens (including phenoxy) is 1. The van der Waals surface area contributed by atoms with Gasteiger partial charge in [-0.3, -0.25) is 4.79 Å². The van der Waals surface area contributed by atoms with Crippen molar-refractivity contribution in [1.29, 1.82) is 5.26 Å². The summed E-state index contributed by atoms with van der Waals surface area (Å²) in [5, 5.41) is 15.2. The maximum atomic E-state index is 12.4. The van der Waals surface area contributed by atoms with E-state index in [1.807, 2.05) is 6.07 Å². The molecule has 3 aromatic rings. The summed E-state index contributed by atoms with van der Waals surface area (Å²) >= 11 is 6.06. The Labute approximate surface area is 161 Å². The molecule has 0 aliphatic heterocycles.